The third-order valence-electron chi connectivity index (χ3n) is 4.54. The largest absolute Gasteiger partial charge is 0.443 e. The van der Waals surface area contributed by atoms with E-state index in [2.05, 4.69) is 54.7 Å². The molecule has 2 aromatic rings. The molecule has 0 spiro atoms. The molecule has 0 bridgehead atoms. The monoisotopic (exact) mass is 333 g/mol. The predicted octanol–water partition coefficient (Wildman–Crippen LogP) is 2.72. The smallest absolute Gasteiger partial charge is 0.211 e. The lowest BCUT2D eigenvalue weighted by molar-refractivity contribution is -0.0519. The minimum absolute atomic E-state index is 0.0317. The van der Waals surface area contributed by atoms with Gasteiger partial charge in [-0.05, 0) is 13.8 Å². The molecule has 1 aliphatic rings. The summed E-state index contributed by atoms with van der Waals surface area (Å²) in [5.41, 5.74) is -0.0317. The zero-order chi connectivity index (χ0) is 17.3. The van der Waals surface area contributed by atoms with E-state index in [4.69, 9.17) is 9.15 Å². The van der Waals surface area contributed by atoms with E-state index in [0.717, 1.165) is 37.1 Å². The summed E-state index contributed by atoms with van der Waals surface area (Å²) in [7, 11) is 0. The van der Waals surface area contributed by atoms with Crippen LogP contribution in [0, 0.1) is 0 Å². The molecule has 0 N–H and O–H groups in total. The van der Waals surface area contributed by atoms with Gasteiger partial charge in [-0.2, -0.15) is 0 Å². The van der Waals surface area contributed by atoms with E-state index < -0.39 is 0 Å². The first-order valence-corrected chi connectivity index (χ1v) is 8.59. The van der Waals surface area contributed by atoms with E-state index >= 15 is 0 Å². The van der Waals surface area contributed by atoms with Crippen LogP contribution in [-0.2, 0) is 16.7 Å². The Kier molecular flexibility index (Phi) is 4.73. The zero-order valence-corrected chi connectivity index (χ0v) is 15.2. The van der Waals surface area contributed by atoms with Gasteiger partial charge in [0, 0.05) is 25.0 Å². The quantitative estimate of drug-likeness (QED) is 0.857. The summed E-state index contributed by atoms with van der Waals surface area (Å²) in [6.45, 7) is 13.7. The first kappa shape index (κ1) is 17.1. The van der Waals surface area contributed by atoms with Crippen molar-refractivity contribution in [3.63, 3.8) is 0 Å². The van der Waals surface area contributed by atoms with Crippen molar-refractivity contribution in [2.75, 3.05) is 19.7 Å². The van der Waals surface area contributed by atoms with Gasteiger partial charge >= 0.3 is 0 Å². The van der Waals surface area contributed by atoms with Crippen molar-refractivity contribution in [1.29, 1.82) is 0 Å². The van der Waals surface area contributed by atoms with Crippen molar-refractivity contribution in [1.82, 2.24) is 24.6 Å². The van der Waals surface area contributed by atoms with Crippen molar-refractivity contribution in [3.8, 4) is 0 Å². The second kappa shape index (κ2) is 6.64. The highest BCUT2D eigenvalue weighted by atomic mass is 16.5. The Hall–Kier alpha value is -1.73. The number of hydrogen-bond donors (Lipinski definition) is 0. The maximum absolute atomic E-state index is 6.01. The molecule has 24 heavy (non-hydrogen) atoms. The molecular weight excluding hydrogens is 306 g/mol. The highest BCUT2D eigenvalue weighted by molar-refractivity contribution is 5.08. The fourth-order valence-corrected chi connectivity index (χ4v) is 2.92. The fraction of sp³-hybridized carbons (Fsp3) is 0.706. The molecule has 1 fully saturated rings. The molecule has 0 aromatic carbocycles. The molecule has 3 rings (SSSR count). The third kappa shape index (κ3) is 3.37. The van der Waals surface area contributed by atoms with Crippen LogP contribution in [0.5, 0.6) is 0 Å². The normalized spacial score (nSPS) is 21.1. The number of aryl methyl sites for hydroxylation is 1. The van der Waals surface area contributed by atoms with E-state index in [-0.39, 0.29) is 17.6 Å². The first-order valence-electron chi connectivity index (χ1n) is 8.59. The summed E-state index contributed by atoms with van der Waals surface area (Å²) in [5.74, 6) is 2.56. The van der Waals surface area contributed by atoms with Crippen LogP contribution in [-0.4, -0.2) is 44.3 Å². The van der Waals surface area contributed by atoms with Gasteiger partial charge < -0.3 is 13.7 Å². The number of rotatable bonds is 4. The number of morpholine rings is 1. The van der Waals surface area contributed by atoms with Gasteiger partial charge in [0.1, 0.15) is 18.2 Å². The zero-order valence-electron chi connectivity index (χ0n) is 15.2. The molecule has 2 atom stereocenters. The lowest BCUT2D eigenvalue weighted by Crippen LogP contribution is -2.40. The van der Waals surface area contributed by atoms with Crippen molar-refractivity contribution in [2.45, 2.75) is 58.7 Å². The molecule has 2 aromatic heterocycles. The molecule has 2 unspecified atom stereocenters. The number of oxazole rings is 1. The van der Waals surface area contributed by atoms with Gasteiger partial charge in [-0.15, -0.1) is 10.2 Å². The standard InChI is InChI=1S/C17H27N5O2/c1-6-21-11-19-20-15(21)13-10-22(7-8-23-13)12(2)16-18-9-14(24-16)17(3,4)5/h9,11-13H,6-8,10H2,1-5H3. The number of aromatic nitrogens is 4. The van der Waals surface area contributed by atoms with Crippen LogP contribution >= 0.6 is 0 Å². The van der Waals surface area contributed by atoms with Gasteiger partial charge in [0.25, 0.3) is 0 Å². The molecule has 0 aliphatic carbocycles. The van der Waals surface area contributed by atoms with E-state index in [0.29, 0.717) is 6.61 Å². The Morgan fingerprint density at radius 2 is 2.17 bits per heavy atom. The van der Waals surface area contributed by atoms with E-state index in [1.807, 2.05) is 10.8 Å². The van der Waals surface area contributed by atoms with Crippen molar-refractivity contribution in [2.24, 2.45) is 0 Å². The van der Waals surface area contributed by atoms with Gasteiger partial charge in [0.2, 0.25) is 5.89 Å². The summed E-state index contributed by atoms with van der Waals surface area (Å²) in [6, 6.07) is 0.102. The van der Waals surface area contributed by atoms with Crippen LogP contribution < -0.4 is 0 Å². The van der Waals surface area contributed by atoms with Crippen LogP contribution in [0.25, 0.3) is 0 Å². The minimum atomic E-state index is -0.0688. The molecule has 132 valence electrons. The Balaban J connectivity index is 1.73. The van der Waals surface area contributed by atoms with Crippen molar-refractivity contribution in [3.05, 3.63) is 30.0 Å². The van der Waals surface area contributed by atoms with Gasteiger partial charge in [0.05, 0.1) is 18.8 Å². The Morgan fingerprint density at radius 3 is 2.83 bits per heavy atom. The van der Waals surface area contributed by atoms with E-state index in [9.17, 15) is 0 Å². The lowest BCUT2D eigenvalue weighted by atomic mass is 9.94. The second-order valence-corrected chi connectivity index (χ2v) is 7.32. The maximum atomic E-state index is 6.01. The average Bonchev–Trinajstić information content (AvgIpc) is 3.22. The summed E-state index contributed by atoms with van der Waals surface area (Å²) < 4.78 is 14.0. The van der Waals surface area contributed by atoms with Crippen LogP contribution in [0.3, 0.4) is 0 Å². The highest BCUT2D eigenvalue weighted by Crippen LogP contribution is 2.30. The average molecular weight is 333 g/mol. The molecule has 0 saturated carbocycles. The molecular formula is C17H27N5O2. The summed E-state index contributed by atoms with van der Waals surface area (Å²) >= 11 is 0. The summed E-state index contributed by atoms with van der Waals surface area (Å²) in [4.78, 5) is 6.83. The van der Waals surface area contributed by atoms with Gasteiger partial charge in [-0.3, -0.25) is 4.90 Å². The van der Waals surface area contributed by atoms with Crippen LogP contribution in [0.1, 0.15) is 64.2 Å². The second-order valence-electron chi connectivity index (χ2n) is 7.32. The molecule has 3 heterocycles. The SMILES string of the molecule is CCn1cnnc1C1CN(C(C)c2ncc(C(C)(C)C)o2)CCO1. The number of hydrogen-bond acceptors (Lipinski definition) is 6. The highest BCUT2D eigenvalue weighted by Gasteiger charge is 2.31. The fourth-order valence-electron chi connectivity index (χ4n) is 2.92. The van der Waals surface area contributed by atoms with E-state index in [1.165, 1.54) is 0 Å². The number of nitrogens with zero attached hydrogens (tertiary/aromatic N) is 5. The summed E-state index contributed by atoms with van der Waals surface area (Å²) in [6.07, 6.45) is 3.53. The minimum Gasteiger partial charge on any atom is -0.443 e. The van der Waals surface area contributed by atoms with Gasteiger partial charge in [-0.1, -0.05) is 20.8 Å². The summed E-state index contributed by atoms with van der Waals surface area (Å²) in [5, 5.41) is 8.25. The van der Waals surface area contributed by atoms with Crippen molar-refractivity contribution >= 4 is 0 Å². The predicted molar refractivity (Wildman–Crippen MR) is 89.6 cm³/mol. The maximum Gasteiger partial charge on any atom is 0.211 e. The molecule has 0 amide bonds. The third-order valence-corrected chi connectivity index (χ3v) is 4.54. The molecule has 1 aliphatic heterocycles. The van der Waals surface area contributed by atoms with Gasteiger partial charge in [-0.25, -0.2) is 4.98 Å². The number of ether oxygens (including phenoxy) is 1. The van der Waals surface area contributed by atoms with Gasteiger partial charge in [0.15, 0.2) is 5.82 Å². The molecule has 0 radical (unpaired) electrons. The van der Waals surface area contributed by atoms with Crippen LogP contribution in [0.15, 0.2) is 16.9 Å². The van der Waals surface area contributed by atoms with E-state index in [1.54, 1.807) is 6.33 Å². The lowest BCUT2D eigenvalue weighted by Gasteiger charge is -2.35. The first-order chi connectivity index (χ1) is 11.4. The van der Waals surface area contributed by atoms with Crippen molar-refractivity contribution < 1.29 is 9.15 Å². The Bertz CT molecular complexity index is 673. The van der Waals surface area contributed by atoms with Crippen LogP contribution in [0.2, 0.25) is 0 Å². The van der Waals surface area contributed by atoms with Crippen LogP contribution in [0.4, 0.5) is 0 Å². The molecule has 7 heteroatoms. The molecule has 7 nitrogen and oxygen atoms in total. The molecule has 1 saturated heterocycles. The Labute approximate surface area is 143 Å². The topological polar surface area (TPSA) is 69.2 Å². The Morgan fingerprint density at radius 1 is 1.38 bits per heavy atom.